The average Bonchev–Trinajstić information content (AvgIpc) is 3.08. The second-order valence-electron chi connectivity index (χ2n) is 5.15. The van der Waals surface area contributed by atoms with Gasteiger partial charge < -0.3 is 15.4 Å². The molecule has 0 spiro atoms. The van der Waals surface area contributed by atoms with E-state index in [-0.39, 0.29) is 12.2 Å². The summed E-state index contributed by atoms with van der Waals surface area (Å²) in [5, 5.41) is 12.0. The molecule has 1 aliphatic carbocycles. The van der Waals surface area contributed by atoms with Crippen LogP contribution in [0.5, 0.6) is 0 Å². The molecule has 3 N–H and O–H groups in total. The van der Waals surface area contributed by atoms with E-state index in [4.69, 9.17) is 5.11 Å². The number of rotatable bonds is 4. The topological polar surface area (TPSA) is 82.2 Å². The number of aromatic amines is 1. The van der Waals surface area contributed by atoms with E-state index in [0.29, 0.717) is 23.7 Å². The molecule has 1 aliphatic rings. The molecule has 0 saturated heterocycles. The number of aliphatic carboxylic acids is 1. The summed E-state index contributed by atoms with van der Waals surface area (Å²) < 4.78 is 13.5. The number of H-pyrrole nitrogens is 1. The molecule has 0 aliphatic heterocycles. The van der Waals surface area contributed by atoms with E-state index in [0.717, 1.165) is 0 Å². The van der Waals surface area contributed by atoms with E-state index in [1.165, 1.54) is 12.1 Å². The highest BCUT2D eigenvalue weighted by molar-refractivity contribution is 5.98. The third-order valence-electron chi connectivity index (χ3n) is 3.75. The molecule has 3 rings (SSSR count). The van der Waals surface area contributed by atoms with Crippen LogP contribution in [0.4, 0.5) is 4.39 Å². The van der Waals surface area contributed by atoms with Crippen LogP contribution < -0.4 is 5.32 Å². The van der Waals surface area contributed by atoms with Crippen molar-refractivity contribution < 1.29 is 19.1 Å². The van der Waals surface area contributed by atoms with Crippen molar-refractivity contribution in [3.8, 4) is 0 Å². The fraction of sp³-hybridized carbons (Fsp3) is 0.286. The van der Waals surface area contributed by atoms with Crippen molar-refractivity contribution in [2.24, 2.45) is 5.41 Å². The number of aromatic nitrogens is 1. The monoisotopic (exact) mass is 276 g/mol. The van der Waals surface area contributed by atoms with Gasteiger partial charge in [-0.3, -0.25) is 9.59 Å². The second-order valence-corrected chi connectivity index (χ2v) is 5.15. The zero-order valence-electron chi connectivity index (χ0n) is 10.6. The van der Waals surface area contributed by atoms with Gasteiger partial charge in [0.2, 0.25) is 0 Å². The van der Waals surface area contributed by atoms with E-state index in [2.05, 4.69) is 10.3 Å². The lowest BCUT2D eigenvalue weighted by Crippen LogP contribution is -2.34. The van der Waals surface area contributed by atoms with Gasteiger partial charge in [0.1, 0.15) is 11.5 Å². The minimum atomic E-state index is -0.888. The van der Waals surface area contributed by atoms with Gasteiger partial charge in [-0.2, -0.15) is 0 Å². The normalized spacial score (nSPS) is 16.1. The first-order valence-electron chi connectivity index (χ1n) is 6.31. The SMILES string of the molecule is O=C(NCC1(C(=O)O)CC1)c1cc2c(F)cccc2[nH]1. The number of nitrogens with one attached hydrogen (secondary N) is 2. The molecule has 104 valence electrons. The summed E-state index contributed by atoms with van der Waals surface area (Å²) in [6, 6.07) is 5.98. The van der Waals surface area contributed by atoms with Gasteiger partial charge in [0, 0.05) is 17.4 Å². The van der Waals surface area contributed by atoms with Gasteiger partial charge in [-0.05, 0) is 31.0 Å². The number of carbonyl (C=O) groups excluding carboxylic acids is 1. The van der Waals surface area contributed by atoms with Crippen LogP contribution in [0.3, 0.4) is 0 Å². The number of carbonyl (C=O) groups is 2. The maximum Gasteiger partial charge on any atom is 0.311 e. The van der Waals surface area contributed by atoms with Crippen LogP contribution in [-0.2, 0) is 4.79 Å². The van der Waals surface area contributed by atoms with Crippen LogP contribution in [0.15, 0.2) is 24.3 Å². The number of carboxylic acid groups (broad SMARTS) is 1. The van der Waals surface area contributed by atoms with Crippen molar-refractivity contribution in [2.75, 3.05) is 6.54 Å². The predicted molar refractivity (Wildman–Crippen MR) is 69.9 cm³/mol. The fourth-order valence-electron chi connectivity index (χ4n) is 2.20. The highest BCUT2D eigenvalue weighted by Gasteiger charge is 2.50. The molecule has 6 heteroatoms. The molecule has 1 aromatic heterocycles. The van der Waals surface area contributed by atoms with E-state index >= 15 is 0 Å². The third kappa shape index (κ3) is 2.03. The Morgan fingerprint density at radius 1 is 1.40 bits per heavy atom. The molecule has 0 atom stereocenters. The summed E-state index contributed by atoms with van der Waals surface area (Å²) >= 11 is 0. The predicted octanol–water partition coefficient (Wildman–Crippen LogP) is 1.90. The molecule has 20 heavy (non-hydrogen) atoms. The first kappa shape index (κ1) is 12.7. The Balaban J connectivity index is 1.76. The third-order valence-corrected chi connectivity index (χ3v) is 3.75. The zero-order chi connectivity index (χ0) is 14.3. The van der Waals surface area contributed by atoms with Gasteiger partial charge in [0.15, 0.2) is 0 Å². The zero-order valence-corrected chi connectivity index (χ0v) is 10.6. The molecule has 1 aromatic carbocycles. The first-order chi connectivity index (χ1) is 9.52. The van der Waals surface area contributed by atoms with E-state index in [9.17, 15) is 14.0 Å². The maximum atomic E-state index is 13.5. The van der Waals surface area contributed by atoms with Crippen molar-refractivity contribution in [1.29, 1.82) is 0 Å². The van der Waals surface area contributed by atoms with Gasteiger partial charge >= 0.3 is 5.97 Å². The van der Waals surface area contributed by atoms with Crippen LogP contribution in [0, 0.1) is 11.2 Å². The van der Waals surface area contributed by atoms with E-state index in [1.807, 2.05) is 0 Å². The molecule has 1 fully saturated rings. The smallest absolute Gasteiger partial charge is 0.311 e. The standard InChI is InChI=1S/C14H13FN2O3/c15-9-2-1-3-10-8(9)6-11(17-10)12(18)16-7-14(4-5-14)13(19)20/h1-3,6,17H,4-5,7H2,(H,16,18)(H,19,20). The fourth-order valence-corrected chi connectivity index (χ4v) is 2.20. The molecular weight excluding hydrogens is 263 g/mol. The molecule has 0 bridgehead atoms. The van der Waals surface area contributed by atoms with Gasteiger partial charge in [0.05, 0.1) is 5.41 Å². The summed E-state index contributed by atoms with van der Waals surface area (Å²) in [4.78, 5) is 25.8. The van der Waals surface area contributed by atoms with Crippen LogP contribution in [0.1, 0.15) is 23.3 Å². The molecule has 1 saturated carbocycles. The summed E-state index contributed by atoms with van der Waals surface area (Å²) in [5.74, 6) is -1.71. The number of fused-ring (bicyclic) bond motifs is 1. The molecule has 0 radical (unpaired) electrons. The second kappa shape index (κ2) is 4.33. The highest BCUT2D eigenvalue weighted by Crippen LogP contribution is 2.45. The minimum Gasteiger partial charge on any atom is -0.481 e. The van der Waals surface area contributed by atoms with Crippen LogP contribution in [-0.4, -0.2) is 28.5 Å². The lowest BCUT2D eigenvalue weighted by atomic mass is 10.1. The summed E-state index contributed by atoms with van der Waals surface area (Å²) in [7, 11) is 0. The van der Waals surface area contributed by atoms with Gasteiger partial charge in [-0.15, -0.1) is 0 Å². The average molecular weight is 276 g/mol. The van der Waals surface area contributed by atoms with Gasteiger partial charge in [-0.25, -0.2) is 4.39 Å². The van der Waals surface area contributed by atoms with Crippen LogP contribution in [0.25, 0.3) is 10.9 Å². The molecule has 0 unspecified atom stereocenters. The van der Waals surface area contributed by atoms with Crippen LogP contribution in [0.2, 0.25) is 0 Å². The Kier molecular flexibility index (Phi) is 2.74. The number of hydrogen-bond donors (Lipinski definition) is 3. The molecule has 1 heterocycles. The van der Waals surface area contributed by atoms with Crippen molar-refractivity contribution in [3.63, 3.8) is 0 Å². The quantitative estimate of drug-likeness (QED) is 0.797. The van der Waals surface area contributed by atoms with Crippen molar-refractivity contribution in [1.82, 2.24) is 10.3 Å². The number of amides is 1. The summed E-state index contributed by atoms with van der Waals surface area (Å²) in [5.41, 5.74) is -0.0479. The number of carboxylic acids is 1. The first-order valence-corrected chi connectivity index (χ1v) is 6.31. The van der Waals surface area contributed by atoms with Gasteiger partial charge in [-0.1, -0.05) is 6.07 Å². The largest absolute Gasteiger partial charge is 0.481 e. The summed E-state index contributed by atoms with van der Waals surface area (Å²) in [6.07, 6.45) is 1.15. The number of halogens is 1. The van der Waals surface area contributed by atoms with Crippen LogP contribution >= 0.6 is 0 Å². The maximum absolute atomic E-state index is 13.5. The van der Waals surface area contributed by atoms with Crippen molar-refractivity contribution in [3.05, 3.63) is 35.8 Å². The Morgan fingerprint density at radius 3 is 2.75 bits per heavy atom. The van der Waals surface area contributed by atoms with E-state index in [1.54, 1.807) is 12.1 Å². The molecule has 2 aromatic rings. The Labute approximate surface area is 113 Å². The Hall–Kier alpha value is -2.37. The van der Waals surface area contributed by atoms with Gasteiger partial charge in [0.25, 0.3) is 5.91 Å². The Bertz CT molecular complexity index is 704. The van der Waals surface area contributed by atoms with Crippen molar-refractivity contribution in [2.45, 2.75) is 12.8 Å². The molecule has 5 nitrogen and oxygen atoms in total. The number of benzene rings is 1. The highest BCUT2D eigenvalue weighted by atomic mass is 19.1. The van der Waals surface area contributed by atoms with Crippen molar-refractivity contribution >= 4 is 22.8 Å². The summed E-state index contributed by atoms with van der Waals surface area (Å²) in [6.45, 7) is 0.0962. The lowest BCUT2D eigenvalue weighted by molar-refractivity contribution is -0.143. The Morgan fingerprint density at radius 2 is 2.15 bits per heavy atom. The molecular formula is C14H13FN2O3. The van der Waals surface area contributed by atoms with E-state index < -0.39 is 23.1 Å². The molecule has 1 amide bonds. The number of hydrogen-bond acceptors (Lipinski definition) is 2. The minimum absolute atomic E-state index is 0.0962. The lowest BCUT2D eigenvalue weighted by Gasteiger charge is -2.10.